The molecule has 0 unspecified atom stereocenters. The summed E-state index contributed by atoms with van der Waals surface area (Å²) in [7, 11) is 2.10. The van der Waals surface area contributed by atoms with Crippen molar-refractivity contribution in [2.75, 3.05) is 11.9 Å². The number of benzene rings is 2. The average molecular weight is 321 g/mol. The Hall–Kier alpha value is -2.69. The molecule has 0 saturated carbocycles. The van der Waals surface area contributed by atoms with E-state index in [9.17, 15) is 0 Å². The van der Waals surface area contributed by atoms with E-state index in [-0.39, 0.29) is 5.54 Å². The molecule has 5 nitrogen and oxygen atoms in total. The summed E-state index contributed by atoms with van der Waals surface area (Å²) in [5.41, 5.74) is 3.27. The van der Waals surface area contributed by atoms with E-state index in [2.05, 4.69) is 72.4 Å². The molecule has 5 heteroatoms. The summed E-state index contributed by atoms with van der Waals surface area (Å²) < 4.78 is 0. The third-order valence-electron chi connectivity index (χ3n) is 4.34. The second-order valence-electron chi connectivity index (χ2n) is 6.72. The lowest BCUT2D eigenvalue weighted by atomic mass is 10.0. The van der Waals surface area contributed by atoms with Crippen LogP contribution in [0.3, 0.4) is 0 Å². The Bertz CT molecular complexity index is 790. The number of aryl methyl sites for hydroxylation is 1. The highest BCUT2D eigenvalue weighted by atomic mass is 15.6. The Kier molecular flexibility index (Phi) is 4.34. The van der Waals surface area contributed by atoms with Gasteiger partial charge in [-0.15, -0.1) is 10.2 Å². The summed E-state index contributed by atoms with van der Waals surface area (Å²) in [5, 5.41) is 12.9. The van der Waals surface area contributed by atoms with Gasteiger partial charge in [-0.1, -0.05) is 48.0 Å². The number of nitrogens with zero attached hydrogens (tertiary/aromatic N) is 5. The number of likely N-dealkylation sites (N-methyl/N-ethyl adjacent to an activating group) is 1. The molecule has 1 heterocycles. The summed E-state index contributed by atoms with van der Waals surface area (Å²) in [6, 6.07) is 18.5. The second-order valence-corrected chi connectivity index (χ2v) is 6.72. The van der Waals surface area contributed by atoms with Crippen molar-refractivity contribution in [1.29, 1.82) is 0 Å². The van der Waals surface area contributed by atoms with Gasteiger partial charge in [-0.25, -0.2) is 0 Å². The molecule has 0 aliphatic rings. The first-order valence-corrected chi connectivity index (χ1v) is 8.09. The molecule has 1 aromatic heterocycles. The van der Waals surface area contributed by atoms with E-state index in [4.69, 9.17) is 0 Å². The van der Waals surface area contributed by atoms with Gasteiger partial charge in [-0.2, -0.15) is 4.80 Å². The van der Waals surface area contributed by atoms with Crippen LogP contribution in [0.25, 0.3) is 11.4 Å². The smallest absolute Gasteiger partial charge is 0.204 e. The Balaban J connectivity index is 1.77. The molecule has 0 aliphatic heterocycles. The van der Waals surface area contributed by atoms with Crippen LogP contribution in [-0.2, 0) is 6.54 Å². The van der Waals surface area contributed by atoms with E-state index >= 15 is 0 Å². The predicted octanol–water partition coefficient (Wildman–Crippen LogP) is 3.56. The van der Waals surface area contributed by atoms with Gasteiger partial charge in [-0.05, 0) is 38.1 Å². The van der Waals surface area contributed by atoms with Crippen LogP contribution >= 0.6 is 0 Å². The zero-order valence-electron chi connectivity index (χ0n) is 14.6. The van der Waals surface area contributed by atoms with E-state index in [0.717, 1.165) is 5.56 Å². The Labute approximate surface area is 142 Å². The highest BCUT2D eigenvalue weighted by Gasteiger charge is 2.26. The maximum Gasteiger partial charge on any atom is 0.204 e. The molecule has 2 aromatic carbocycles. The normalized spacial score (nSPS) is 11.5. The number of aromatic nitrogens is 4. The van der Waals surface area contributed by atoms with Crippen LogP contribution in [0.15, 0.2) is 54.6 Å². The molecule has 0 radical (unpaired) electrons. The highest BCUT2D eigenvalue weighted by molar-refractivity contribution is 5.53. The number of anilines is 1. The van der Waals surface area contributed by atoms with Crippen LogP contribution in [0, 0.1) is 6.92 Å². The van der Waals surface area contributed by atoms with Gasteiger partial charge in [0.15, 0.2) is 0 Å². The van der Waals surface area contributed by atoms with Gasteiger partial charge in [0.25, 0.3) is 0 Å². The molecular formula is C19H23N5. The quantitative estimate of drug-likeness (QED) is 0.721. The zero-order chi connectivity index (χ0) is 17.2. The molecule has 124 valence electrons. The van der Waals surface area contributed by atoms with Gasteiger partial charge in [-0.3, -0.25) is 0 Å². The maximum absolute atomic E-state index is 4.52. The molecule has 24 heavy (non-hydrogen) atoms. The monoisotopic (exact) mass is 321 g/mol. The first kappa shape index (κ1) is 16.2. The minimum absolute atomic E-state index is 0.149. The summed E-state index contributed by atoms with van der Waals surface area (Å²) >= 11 is 0. The van der Waals surface area contributed by atoms with E-state index in [1.807, 2.05) is 30.3 Å². The maximum atomic E-state index is 4.52. The lowest BCUT2D eigenvalue weighted by Gasteiger charge is -2.36. The van der Waals surface area contributed by atoms with Crippen molar-refractivity contribution >= 4 is 5.69 Å². The summed E-state index contributed by atoms with van der Waals surface area (Å²) in [4.78, 5) is 3.92. The summed E-state index contributed by atoms with van der Waals surface area (Å²) in [6.45, 7) is 7.10. The van der Waals surface area contributed by atoms with Gasteiger partial charge in [0.1, 0.15) is 0 Å². The van der Waals surface area contributed by atoms with Crippen LogP contribution in [-0.4, -0.2) is 32.8 Å². The van der Waals surface area contributed by atoms with Gasteiger partial charge in [0.2, 0.25) is 5.82 Å². The predicted molar refractivity (Wildman–Crippen MR) is 96.9 cm³/mol. The zero-order valence-corrected chi connectivity index (χ0v) is 14.6. The molecule has 0 spiro atoms. The number of hydrogen-bond acceptors (Lipinski definition) is 4. The topological polar surface area (TPSA) is 46.8 Å². The Morgan fingerprint density at radius 3 is 2.33 bits per heavy atom. The SMILES string of the molecule is Cc1ccc(N(C)C(C)(C)Cn2nnc(-c3ccccc3)n2)cc1. The molecule has 0 amide bonds. The molecular weight excluding hydrogens is 298 g/mol. The number of rotatable bonds is 5. The average Bonchev–Trinajstić information content (AvgIpc) is 3.03. The summed E-state index contributed by atoms with van der Waals surface area (Å²) in [6.07, 6.45) is 0. The van der Waals surface area contributed by atoms with Crippen molar-refractivity contribution in [3.8, 4) is 11.4 Å². The van der Waals surface area contributed by atoms with E-state index in [0.29, 0.717) is 12.4 Å². The van der Waals surface area contributed by atoms with Gasteiger partial charge < -0.3 is 4.90 Å². The number of hydrogen-bond donors (Lipinski definition) is 0. The van der Waals surface area contributed by atoms with Crippen LogP contribution in [0.2, 0.25) is 0 Å². The molecule has 0 fully saturated rings. The van der Waals surface area contributed by atoms with Crippen molar-refractivity contribution in [1.82, 2.24) is 20.2 Å². The fourth-order valence-corrected chi connectivity index (χ4v) is 2.58. The lowest BCUT2D eigenvalue weighted by molar-refractivity contribution is 0.358. The third-order valence-corrected chi connectivity index (χ3v) is 4.34. The summed E-state index contributed by atoms with van der Waals surface area (Å²) in [5.74, 6) is 0.657. The van der Waals surface area contributed by atoms with Crippen molar-refractivity contribution < 1.29 is 0 Å². The first-order valence-electron chi connectivity index (χ1n) is 8.09. The van der Waals surface area contributed by atoms with Crippen molar-refractivity contribution in [2.45, 2.75) is 32.9 Å². The van der Waals surface area contributed by atoms with Crippen molar-refractivity contribution in [2.24, 2.45) is 0 Å². The molecule has 0 atom stereocenters. The van der Waals surface area contributed by atoms with Gasteiger partial charge in [0.05, 0.1) is 12.1 Å². The van der Waals surface area contributed by atoms with Crippen molar-refractivity contribution in [3.05, 3.63) is 60.2 Å². The van der Waals surface area contributed by atoms with Crippen molar-refractivity contribution in [3.63, 3.8) is 0 Å². The fourth-order valence-electron chi connectivity index (χ4n) is 2.58. The molecule has 3 aromatic rings. The largest absolute Gasteiger partial charge is 0.368 e. The Morgan fingerprint density at radius 2 is 1.67 bits per heavy atom. The first-order chi connectivity index (χ1) is 11.5. The van der Waals surface area contributed by atoms with Gasteiger partial charge in [0, 0.05) is 18.3 Å². The van der Waals surface area contributed by atoms with E-state index in [1.54, 1.807) is 4.80 Å². The Morgan fingerprint density at radius 1 is 1.00 bits per heavy atom. The fraction of sp³-hybridized carbons (Fsp3) is 0.316. The van der Waals surface area contributed by atoms with Crippen LogP contribution in [0.5, 0.6) is 0 Å². The molecule has 0 saturated heterocycles. The van der Waals surface area contributed by atoms with Crippen LogP contribution in [0.1, 0.15) is 19.4 Å². The van der Waals surface area contributed by atoms with Crippen LogP contribution < -0.4 is 4.90 Å². The lowest BCUT2D eigenvalue weighted by Crippen LogP contribution is -2.45. The molecule has 0 bridgehead atoms. The molecule has 3 rings (SSSR count). The van der Waals surface area contributed by atoms with E-state index < -0.39 is 0 Å². The van der Waals surface area contributed by atoms with Crippen LogP contribution in [0.4, 0.5) is 5.69 Å². The molecule has 0 N–H and O–H groups in total. The second kappa shape index (κ2) is 6.43. The van der Waals surface area contributed by atoms with Gasteiger partial charge >= 0.3 is 0 Å². The number of tetrazole rings is 1. The highest BCUT2D eigenvalue weighted by Crippen LogP contribution is 2.24. The standard InChI is InChI=1S/C19H23N5/c1-15-10-12-17(13-11-15)23(4)19(2,3)14-24-21-18(20-22-24)16-8-6-5-7-9-16/h5-13H,14H2,1-4H3. The molecule has 0 aliphatic carbocycles. The third kappa shape index (κ3) is 3.45. The minimum Gasteiger partial charge on any atom is -0.368 e. The minimum atomic E-state index is -0.149. The van der Waals surface area contributed by atoms with E-state index in [1.165, 1.54) is 11.3 Å².